The van der Waals surface area contributed by atoms with E-state index in [0.717, 1.165) is 12.8 Å². The Morgan fingerprint density at radius 3 is 2.09 bits per heavy atom. The van der Waals surface area contributed by atoms with Crippen LogP contribution in [0.15, 0.2) is 0 Å². The van der Waals surface area contributed by atoms with Crippen molar-refractivity contribution >= 4 is 14.8 Å². The molecule has 2 heterocycles. The van der Waals surface area contributed by atoms with E-state index in [0.29, 0.717) is 5.92 Å². The molecule has 5 rings (SSSR count). The Labute approximate surface area is 135 Å². The lowest BCUT2D eigenvalue weighted by atomic mass is 9.24. The number of rotatable bonds is 1. The predicted octanol–water partition coefficient (Wildman–Crippen LogP) is 2.98. The lowest BCUT2D eigenvalue weighted by molar-refractivity contribution is -0.198. The highest BCUT2D eigenvalue weighted by Gasteiger charge is 2.82. The first-order valence-electron chi connectivity index (χ1n) is 8.49. The highest BCUT2D eigenvalue weighted by molar-refractivity contribution is 6.51. The van der Waals surface area contributed by atoms with Gasteiger partial charge in [-0.25, -0.2) is 0 Å². The average Bonchev–Trinajstić information content (AvgIpc) is 2.85. The van der Waals surface area contributed by atoms with E-state index >= 15 is 0 Å². The molecule has 1 radical (unpaired) electrons. The van der Waals surface area contributed by atoms with Crippen molar-refractivity contribution in [2.75, 3.05) is 0 Å². The van der Waals surface area contributed by atoms with Crippen LogP contribution >= 0.6 is 0 Å². The summed E-state index contributed by atoms with van der Waals surface area (Å²) >= 11 is 0. The van der Waals surface area contributed by atoms with E-state index in [2.05, 4.69) is 48.5 Å². The van der Waals surface area contributed by atoms with Crippen molar-refractivity contribution in [1.29, 1.82) is 0 Å². The molecule has 2 aliphatic heterocycles. The van der Waals surface area contributed by atoms with Gasteiger partial charge in [0.05, 0.1) is 22.9 Å². The van der Waals surface area contributed by atoms with Gasteiger partial charge in [0.2, 0.25) is 0 Å². The Morgan fingerprint density at radius 1 is 0.955 bits per heavy atom. The SMILES string of the molecule is CC1(C)OB([C@@]23C[C@@H](C[C@H]4O[B]O[C@]42C)C3(C)C)OC1(C)C. The van der Waals surface area contributed by atoms with Crippen LogP contribution in [0.2, 0.25) is 5.31 Å². The fourth-order valence-corrected chi connectivity index (χ4v) is 5.37. The first kappa shape index (κ1) is 15.5. The second-order valence-corrected chi connectivity index (χ2v) is 9.36. The highest BCUT2D eigenvalue weighted by atomic mass is 16.7. The highest BCUT2D eigenvalue weighted by Crippen LogP contribution is 2.80. The average molecular weight is 305 g/mol. The molecule has 4 nitrogen and oxygen atoms in total. The van der Waals surface area contributed by atoms with Gasteiger partial charge < -0.3 is 18.6 Å². The lowest BCUT2D eigenvalue weighted by Crippen LogP contribution is -2.74. The van der Waals surface area contributed by atoms with E-state index in [9.17, 15) is 0 Å². The van der Waals surface area contributed by atoms with Crippen molar-refractivity contribution in [3.63, 3.8) is 0 Å². The normalized spacial score (nSPS) is 50.2. The largest absolute Gasteiger partial charge is 0.488 e. The minimum Gasteiger partial charge on any atom is -0.407 e. The third-order valence-electron chi connectivity index (χ3n) is 7.91. The molecule has 3 saturated carbocycles. The van der Waals surface area contributed by atoms with Gasteiger partial charge in [0, 0.05) is 5.31 Å². The maximum atomic E-state index is 6.48. The van der Waals surface area contributed by atoms with Gasteiger partial charge in [-0.2, -0.15) is 0 Å². The molecule has 0 unspecified atom stereocenters. The molecule has 5 fully saturated rings. The molecule has 0 aromatic rings. The van der Waals surface area contributed by atoms with Crippen molar-refractivity contribution in [2.45, 2.75) is 89.5 Å². The molecule has 0 N–H and O–H groups in total. The molecule has 2 bridgehead atoms. The minimum atomic E-state index is -0.383. The van der Waals surface area contributed by atoms with E-state index in [1.807, 2.05) is 0 Å². The smallest absolute Gasteiger partial charge is 0.407 e. The Balaban J connectivity index is 1.79. The second kappa shape index (κ2) is 3.96. The van der Waals surface area contributed by atoms with E-state index in [1.54, 1.807) is 0 Å². The topological polar surface area (TPSA) is 36.9 Å². The molecule has 2 saturated heterocycles. The Kier molecular flexibility index (Phi) is 2.79. The summed E-state index contributed by atoms with van der Waals surface area (Å²) in [6.07, 6.45) is 2.25. The third kappa shape index (κ3) is 1.43. The van der Waals surface area contributed by atoms with Gasteiger partial charge in [-0.05, 0) is 58.8 Å². The van der Waals surface area contributed by atoms with Crippen LogP contribution in [0.1, 0.15) is 61.3 Å². The summed E-state index contributed by atoms with van der Waals surface area (Å²) in [5, 5.41) is -0.175. The van der Waals surface area contributed by atoms with Crippen LogP contribution in [0.25, 0.3) is 0 Å². The maximum Gasteiger partial charge on any atom is 0.488 e. The number of hydrogen-bond acceptors (Lipinski definition) is 4. The molecule has 0 spiro atoms. The van der Waals surface area contributed by atoms with Crippen LogP contribution in [-0.4, -0.2) is 37.7 Å². The van der Waals surface area contributed by atoms with Crippen molar-refractivity contribution in [3.05, 3.63) is 0 Å². The Morgan fingerprint density at radius 2 is 1.55 bits per heavy atom. The molecule has 5 aliphatic rings. The summed E-state index contributed by atoms with van der Waals surface area (Å²) in [6, 6.07) is 0. The van der Waals surface area contributed by atoms with Crippen LogP contribution in [0.4, 0.5) is 0 Å². The summed E-state index contributed by atoms with van der Waals surface area (Å²) in [4.78, 5) is 0. The summed E-state index contributed by atoms with van der Waals surface area (Å²) in [5.41, 5.74) is -0.909. The molecule has 4 atom stereocenters. The molecular weight excluding hydrogens is 278 g/mol. The molecule has 22 heavy (non-hydrogen) atoms. The van der Waals surface area contributed by atoms with Crippen LogP contribution < -0.4 is 0 Å². The molecular formula is C16H27B2O4. The fraction of sp³-hybridized carbons (Fsp3) is 1.00. The molecule has 6 heteroatoms. The zero-order valence-electron chi connectivity index (χ0n) is 14.9. The first-order valence-corrected chi connectivity index (χ1v) is 8.49. The monoisotopic (exact) mass is 305 g/mol. The van der Waals surface area contributed by atoms with Gasteiger partial charge >= 0.3 is 14.8 Å². The van der Waals surface area contributed by atoms with Crippen LogP contribution in [0.5, 0.6) is 0 Å². The predicted molar refractivity (Wildman–Crippen MR) is 85.4 cm³/mol. The zero-order chi connectivity index (χ0) is 16.2. The molecule has 0 aromatic heterocycles. The summed E-state index contributed by atoms with van der Waals surface area (Å²) < 4.78 is 24.8. The molecule has 3 aliphatic carbocycles. The fourth-order valence-electron chi connectivity index (χ4n) is 5.37. The number of hydrogen-bond donors (Lipinski definition) is 0. The Hall–Kier alpha value is -0.0301. The van der Waals surface area contributed by atoms with Crippen molar-refractivity contribution in [3.8, 4) is 0 Å². The van der Waals surface area contributed by atoms with Crippen molar-refractivity contribution in [1.82, 2.24) is 0 Å². The van der Waals surface area contributed by atoms with Crippen LogP contribution in [0.3, 0.4) is 0 Å². The van der Waals surface area contributed by atoms with Gasteiger partial charge in [0.15, 0.2) is 0 Å². The molecule has 0 amide bonds. The van der Waals surface area contributed by atoms with Gasteiger partial charge in [0.25, 0.3) is 0 Å². The Bertz CT molecular complexity index is 504. The zero-order valence-corrected chi connectivity index (χ0v) is 14.9. The van der Waals surface area contributed by atoms with E-state index in [4.69, 9.17) is 18.6 Å². The van der Waals surface area contributed by atoms with Gasteiger partial charge in [-0.15, -0.1) is 0 Å². The summed E-state index contributed by atoms with van der Waals surface area (Å²) in [6.45, 7) is 15.3. The lowest BCUT2D eigenvalue weighted by Gasteiger charge is -2.72. The third-order valence-corrected chi connectivity index (χ3v) is 7.91. The van der Waals surface area contributed by atoms with Gasteiger partial charge in [-0.3, -0.25) is 0 Å². The second-order valence-electron chi connectivity index (χ2n) is 9.36. The quantitative estimate of drug-likeness (QED) is 0.698. The van der Waals surface area contributed by atoms with Gasteiger partial charge in [0.1, 0.15) is 0 Å². The first-order chi connectivity index (χ1) is 9.98. The standard InChI is InChI=1S/C16H27B2O4/c1-12(2)10-8-11-15(7,20-17-19-11)16(12,9-10)18-21-13(3,4)14(5,6)22-18/h10-11H,8-9H2,1-7H3/t10-,11-,15-,16-/m1/s1. The maximum absolute atomic E-state index is 6.48. The van der Waals surface area contributed by atoms with Crippen LogP contribution in [0, 0.1) is 11.3 Å². The van der Waals surface area contributed by atoms with E-state index in [-0.39, 0.29) is 40.8 Å². The minimum absolute atomic E-state index is 0.110. The van der Waals surface area contributed by atoms with Gasteiger partial charge in [-0.1, -0.05) is 13.8 Å². The summed E-state index contributed by atoms with van der Waals surface area (Å²) in [5.74, 6) is 0.639. The van der Waals surface area contributed by atoms with Crippen LogP contribution in [-0.2, 0) is 18.6 Å². The summed E-state index contributed by atoms with van der Waals surface area (Å²) in [7, 11) is 1.28. The van der Waals surface area contributed by atoms with Crippen molar-refractivity contribution in [2.24, 2.45) is 11.3 Å². The van der Waals surface area contributed by atoms with E-state index < -0.39 is 0 Å². The van der Waals surface area contributed by atoms with Crippen molar-refractivity contribution < 1.29 is 18.6 Å². The van der Waals surface area contributed by atoms with E-state index in [1.165, 1.54) is 7.69 Å². The molecule has 121 valence electrons. The molecule has 0 aromatic carbocycles.